The number of fused-ring (bicyclic) bond motifs is 2. The lowest BCUT2D eigenvalue weighted by Crippen LogP contribution is -2.41. The first-order valence-corrected chi connectivity index (χ1v) is 8.40. The van der Waals surface area contributed by atoms with E-state index in [1.807, 2.05) is 29.5 Å². The number of thiophene rings is 1. The fourth-order valence-electron chi connectivity index (χ4n) is 3.36. The van der Waals surface area contributed by atoms with Crippen molar-refractivity contribution in [2.45, 2.75) is 37.8 Å². The molecule has 0 saturated carbocycles. The Hall–Kier alpha value is -1.81. The first-order chi connectivity index (χ1) is 10.3. The molecule has 2 atom stereocenters. The highest BCUT2D eigenvalue weighted by Crippen LogP contribution is 2.33. The van der Waals surface area contributed by atoms with E-state index in [2.05, 4.69) is 28.1 Å². The number of hydrogen-bond donors (Lipinski definition) is 2. The summed E-state index contributed by atoms with van der Waals surface area (Å²) in [5.41, 5.74) is 3.66. The van der Waals surface area contributed by atoms with Crippen molar-refractivity contribution in [3.63, 3.8) is 0 Å². The molecule has 4 heteroatoms. The number of anilines is 1. The summed E-state index contributed by atoms with van der Waals surface area (Å²) >= 11 is 1.81. The van der Waals surface area contributed by atoms with Crippen molar-refractivity contribution in [3.05, 3.63) is 51.7 Å². The normalized spacial score (nSPS) is 23.0. The van der Waals surface area contributed by atoms with Gasteiger partial charge in [0.25, 0.3) is 0 Å². The topological polar surface area (TPSA) is 41.1 Å². The molecular formula is C17H18N2OS. The van der Waals surface area contributed by atoms with E-state index in [4.69, 9.17) is 0 Å². The van der Waals surface area contributed by atoms with Crippen LogP contribution in [0.1, 0.15) is 34.9 Å². The molecule has 1 aromatic carbocycles. The molecule has 2 N–H and O–H groups in total. The summed E-state index contributed by atoms with van der Waals surface area (Å²) < 4.78 is 0. The van der Waals surface area contributed by atoms with Crippen LogP contribution < -0.4 is 10.6 Å². The summed E-state index contributed by atoms with van der Waals surface area (Å²) in [5, 5.41) is 8.71. The molecule has 0 saturated heterocycles. The zero-order valence-corrected chi connectivity index (χ0v) is 12.6. The zero-order valence-electron chi connectivity index (χ0n) is 11.8. The number of rotatable bonds is 2. The van der Waals surface area contributed by atoms with Gasteiger partial charge in [0.05, 0.1) is 6.04 Å². The average Bonchev–Trinajstić information content (AvgIpc) is 3.14. The van der Waals surface area contributed by atoms with Gasteiger partial charge in [-0.25, -0.2) is 0 Å². The van der Waals surface area contributed by atoms with Crippen LogP contribution in [0, 0.1) is 0 Å². The number of para-hydroxylation sites is 1. The largest absolute Gasteiger partial charge is 0.373 e. The monoisotopic (exact) mass is 298 g/mol. The Morgan fingerprint density at radius 1 is 1.29 bits per heavy atom. The van der Waals surface area contributed by atoms with E-state index in [9.17, 15) is 4.79 Å². The molecule has 1 aliphatic carbocycles. The maximum Gasteiger partial charge on any atom is 0.243 e. The van der Waals surface area contributed by atoms with Gasteiger partial charge in [0.1, 0.15) is 6.04 Å². The predicted molar refractivity (Wildman–Crippen MR) is 85.7 cm³/mol. The summed E-state index contributed by atoms with van der Waals surface area (Å²) in [7, 11) is 0. The Morgan fingerprint density at radius 3 is 3.10 bits per heavy atom. The molecule has 4 rings (SSSR count). The minimum atomic E-state index is -0.133. The minimum absolute atomic E-state index is 0.121. The van der Waals surface area contributed by atoms with Crippen LogP contribution in [-0.4, -0.2) is 11.9 Å². The lowest BCUT2D eigenvalue weighted by Gasteiger charge is -2.25. The van der Waals surface area contributed by atoms with Gasteiger partial charge in [-0.1, -0.05) is 18.2 Å². The molecule has 1 aliphatic heterocycles. The third-order valence-electron chi connectivity index (χ3n) is 4.46. The van der Waals surface area contributed by atoms with Crippen molar-refractivity contribution in [1.29, 1.82) is 0 Å². The van der Waals surface area contributed by atoms with Crippen LogP contribution >= 0.6 is 11.3 Å². The third kappa shape index (κ3) is 2.33. The van der Waals surface area contributed by atoms with E-state index in [0.717, 1.165) is 31.4 Å². The van der Waals surface area contributed by atoms with Gasteiger partial charge in [0.2, 0.25) is 5.91 Å². The highest BCUT2D eigenvalue weighted by Gasteiger charge is 2.29. The highest BCUT2D eigenvalue weighted by atomic mass is 32.1. The average molecular weight is 298 g/mol. The van der Waals surface area contributed by atoms with Gasteiger partial charge in [0, 0.05) is 17.0 Å². The number of nitrogens with one attached hydrogen (secondary N) is 2. The fourth-order valence-corrected chi connectivity index (χ4v) is 4.35. The number of carbonyl (C=O) groups is 1. The quantitative estimate of drug-likeness (QED) is 0.893. The second-order valence-corrected chi connectivity index (χ2v) is 6.81. The molecule has 1 aromatic heterocycles. The van der Waals surface area contributed by atoms with Crippen molar-refractivity contribution in [1.82, 2.24) is 5.32 Å². The van der Waals surface area contributed by atoms with E-state index in [-0.39, 0.29) is 18.0 Å². The van der Waals surface area contributed by atoms with Crippen LogP contribution in [0.4, 0.5) is 5.69 Å². The summed E-state index contributed by atoms with van der Waals surface area (Å²) in [6, 6.07) is 10.4. The predicted octanol–water partition coefficient (Wildman–Crippen LogP) is 3.28. The summed E-state index contributed by atoms with van der Waals surface area (Å²) in [6.07, 6.45) is 4.16. The lowest BCUT2D eigenvalue weighted by molar-refractivity contribution is -0.122. The van der Waals surface area contributed by atoms with E-state index in [0.29, 0.717) is 0 Å². The van der Waals surface area contributed by atoms with Crippen molar-refractivity contribution >= 4 is 22.9 Å². The number of amides is 1. The van der Waals surface area contributed by atoms with Gasteiger partial charge in [-0.3, -0.25) is 4.79 Å². The Balaban J connectivity index is 1.47. The summed E-state index contributed by atoms with van der Waals surface area (Å²) in [4.78, 5) is 14.0. The first-order valence-electron chi connectivity index (χ1n) is 7.52. The van der Waals surface area contributed by atoms with Crippen LogP contribution in [0.15, 0.2) is 35.7 Å². The maximum atomic E-state index is 12.5. The van der Waals surface area contributed by atoms with Gasteiger partial charge in [-0.05, 0) is 47.9 Å². The first kappa shape index (κ1) is 12.9. The lowest BCUT2D eigenvalue weighted by atomic mass is 9.93. The Kier molecular flexibility index (Phi) is 3.19. The maximum absolute atomic E-state index is 12.5. The molecule has 2 aliphatic rings. The second-order valence-electron chi connectivity index (χ2n) is 5.81. The van der Waals surface area contributed by atoms with Crippen LogP contribution in [0.2, 0.25) is 0 Å². The van der Waals surface area contributed by atoms with Gasteiger partial charge < -0.3 is 10.6 Å². The third-order valence-corrected chi connectivity index (χ3v) is 5.45. The van der Waals surface area contributed by atoms with Crippen LogP contribution in [0.25, 0.3) is 0 Å². The van der Waals surface area contributed by atoms with Gasteiger partial charge in [-0.2, -0.15) is 0 Å². The molecule has 3 nitrogen and oxygen atoms in total. The molecule has 0 fully saturated rings. The van der Waals surface area contributed by atoms with E-state index in [1.165, 1.54) is 16.0 Å². The molecule has 0 bridgehead atoms. The van der Waals surface area contributed by atoms with Crippen molar-refractivity contribution in [2.24, 2.45) is 0 Å². The van der Waals surface area contributed by atoms with Gasteiger partial charge in [-0.15, -0.1) is 11.3 Å². The Labute approximate surface area is 128 Å². The van der Waals surface area contributed by atoms with Gasteiger partial charge >= 0.3 is 0 Å². The molecule has 21 heavy (non-hydrogen) atoms. The molecule has 1 amide bonds. The molecular weight excluding hydrogens is 280 g/mol. The summed E-state index contributed by atoms with van der Waals surface area (Å²) in [5.74, 6) is 0.121. The SMILES string of the molecule is O=C(NC1CCCc2sccc21)C1Cc2ccccc2N1. The zero-order chi connectivity index (χ0) is 14.2. The second kappa shape index (κ2) is 5.19. The van der Waals surface area contributed by atoms with Crippen molar-refractivity contribution < 1.29 is 4.79 Å². The molecule has 0 radical (unpaired) electrons. The standard InChI is InChI=1S/C17H18N2OS/c20-17(15-10-11-4-1-2-5-13(11)18-15)19-14-6-3-7-16-12(14)8-9-21-16/h1-2,4-5,8-9,14-15,18H,3,6-7,10H2,(H,19,20). The van der Waals surface area contributed by atoms with Crippen molar-refractivity contribution in [3.8, 4) is 0 Å². The molecule has 2 unspecified atom stereocenters. The molecule has 2 heterocycles. The Morgan fingerprint density at radius 2 is 2.19 bits per heavy atom. The van der Waals surface area contributed by atoms with Crippen LogP contribution in [0.5, 0.6) is 0 Å². The molecule has 0 spiro atoms. The van der Waals surface area contributed by atoms with E-state index in [1.54, 1.807) is 0 Å². The van der Waals surface area contributed by atoms with E-state index >= 15 is 0 Å². The minimum Gasteiger partial charge on any atom is -0.373 e. The Bertz CT molecular complexity index is 654. The summed E-state index contributed by atoms with van der Waals surface area (Å²) in [6.45, 7) is 0. The van der Waals surface area contributed by atoms with Crippen molar-refractivity contribution in [2.75, 3.05) is 5.32 Å². The molecule has 2 aromatic rings. The molecule has 108 valence electrons. The van der Waals surface area contributed by atoms with Crippen LogP contribution in [0.3, 0.4) is 0 Å². The fraction of sp³-hybridized carbons (Fsp3) is 0.353. The number of carbonyl (C=O) groups excluding carboxylic acids is 1. The van der Waals surface area contributed by atoms with Crippen LogP contribution in [-0.2, 0) is 17.6 Å². The van der Waals surface area contributed by atoms with Gasteiger partial charge in [0.15, 0.2) is 0 Å². The highest BCUT2D eigenvalue weighted by molar-refractivity contribution is 7.10. The number of aryl methyl sites for hydroxylation is 1. The number of hydrogen-bond acceptors (Lipinski definition) is 3. The smallest absolute Gasteiger partial charge is 0.243 e. The number of benzene rings is 1. The van der Waals surface area contributed by atoms with E-state index < -0.39 is 0 Å².